The van der Waals surface area contributed by atoms with Gasteiger partial charge in [-0.05, 0) is 23.8 Å². The number of alkyl halides is 1. The van der Waals surface area contributed by atoms with Gasteiger partial charge in [0.25, 0.3) is 0 Å². The molecule has 0 radical (unpaired) electrons. The van der Waals surface area contributed by atoms with E-state index in [2.05, 4.69) is 20.7 Å². The normalized spacial score (nSPS) is 11.3. The van der Waals surface area contributed by atoms with Gasteiger partial charge < -0.3 is 4.74 Å². The maximum absolute atomic E-state index is 12.6. The second-order valence-corrected chi connectivity index (χ2v) is 3.41. The lowest BCUT2D eigenvalue weighted by molar-refractivity contribution is -0.135. The van der Waals surface area contributed by atoms with Crippen molar-refractivity contribution in [3.63, 3.8) is 0 Å². The van der Waals surface area contributed by atoms with Crippen LogP contribution in [0.5, 0.6) is 0 Å². The number of esters is 1. The summed E-state index contributed by atoms with van der Waals surface area (Å²) in [7, 11) is 1.32. The maximum atomic E-state index is 12.6. The first-order chi connectivity index (χ1) is 7.17. The summed E-state index contributed by atoms with van der Waals surface area (Å²) >= 11 is 3.19. The zero-order chi connectivity index (χ0) is 11.3. The Morgan fingerprint density at radius 3 is 2.53 bits per heavy atom. The van der Waals surface area contributed by atoms with Gasteiger partial charge in [0.1, 0.15) is 5.82 Å². The second kappa shape index (κ2) is 5.66. The van der Waals surface area contributed by atoms with E-state index in [0.29, 0.717) is 10.9 Å². The zero-order valence-electron chi connectivity index (χ0n) is 8.17. The molecule has 0 amide bonds. The first kappa shape index (κ1) is 11.9. The molecule has 0 aliphatic heterocycles. The Morgan fingerprint density at radius 2 is 2.07 bits per heavy atom. The molecule has 2 nitrogen and oxygen atoms in total. The van der Waals surface area contributed by atoms with Gasteiger partial charge in [-0.15, -0.1) is 0 Å². The Morgan fingerprint density at radius 1 is 1.47 bits per heavy atom. The average molecular weight is 273 g/mol. The largest absolute Gasteiger partial charge is 0.466 e. The molecule has 0 aliphatic rings. The van der Waals surface area contributed by atoms with Gasteiger partial charge >= 0.3 is 5.97 Å². The third-order valence-corrected chi connectivity index (χ3v) is 2.41. The molecular formula is C11H10BrFO2. The highest BCUT2D eigenvalue weighted by molar-refractivity contribution is 9.09. The van der Waals surface area contributed by atoms with Gasteiger partial charge in [0.05, 0.1) is 7.11 Å². The van der Waals surface area contributed by atoms with Crippen molar-refractivity contribution in [3.8, 4) is 0 Å². The fourth-order valence-corrected chi connectivity index (χ4v) is 1.43. The average Bonchev–Trinajstić information content (AvgIpc) is 2.27. The summed E-state index contributed by atoms with van der Waals surface area (Å²) in [6, 6.07) is 5.88. The molecule has 0 saturated carbocycles. The first-order valence-electron chi connectivity index (χ1n) is 4.28. The number of rotatable bonds is 3. The van der Waals surface area contributed by atoms with E-state index in [9.17, 15) is 9.18 Å². The monoisotopic (exact) mass is 272 g/mol. The highest BCUT2D eigenvalue weighted by Gasteiger charge is 2.07. The van der Waals surface area contributed by atoms with Gasteiger partial charge in [0.2, 0.25) is 0 Å². The minimum absolute atomic E-state index is 0.300. The topological polar surface area (TPSA) is 26.3 Å². The highest BCUT2D eigenvalue weighted by atomic mass is 79.9. The third-order valence-electron chi connectivity index (χ3n) is 1.80. The van der Waals surface area contributed by atoms with Crippen LogP contribution >= 0.6 is 15.9 Å². The van der Waals surface area contributed by atoms with Crippen LogP contribution in [0.15, 0.2) is 29.8 Å². The van der Waals surface area contributed by atoms with Crippen LogP contribution in [0.4, 0.5) is 4.39 Å². The lowest BCUT2D eigenvalue weighted by Crippen LogP contribution is -2.05. The van der Waals surface area contributed by atoms with Crippen molar-refractivity contribution < 1.29 is 13.9 Å². The number of halogens is 2. The molecule has 0 saturated heterocycles. The fourth-order valence-electron chi connectivity index (χ4n) is 1.04. The zero-order valence-corrected chi connectivity index (χ0v) is 9.75. The summed E-state index contributed by atoms with van der Waals surface area (Å²) in [4.78, 5) is 11.2. The van der Waals surface area contributed by atoms with Crippen molar-refractivity contribution in [2.75, 3.05) is 12.4 Å². The van der Waals surface area contributed by atoms with Crippen molar-refractivity contribution in [1.29, 1.82) is 0 Å². The molecule has 15 heavy (non-hydrogen) atoms. The molecule has 0 atom stereocenters. The van der Waals surface area contributed by atoms with E-state index in [4.69, 9.17) is 0 Å². The number of carbonyl (C=O) groups excluding carboxylic acids is 1. The fraction of sp³-hybridized carbons (Fsp3) is 0.182. The number of hydrogen-bond donors (Lipinski definition) is 0. The molecule has 4 heteroatoms. The van der Waals surface area contributed by atoms with Crippen molar-refractivity contribution in [1.82, 2.24) is 0 Å². The Hall–Kier alpha value is -1.16. The Kier molecular flexibility index (Phi) is 4.49. The van der Waals surface area contributed by atoms with Crippen molar-refractivity contribution in [2.24, 2.45) is 0 Å². The minimum atomic E-state index is -0.392. The highest BCUT2D eigenvalue weighted by Crippen LogP contribution is 2.11. The molecule has 0 unspecified atom stereocenters. The van der Waals surface area contributed by atoms with E-state index in [1.165, 1.54) is 19.2 Å². The summed E-state index contributed by atoms with van der Waals surface area (Å²) in [6.45, 7) is 0. The van der Waals surface area contributed by atoms with Gasteiger partial charge in [0, 0.05) is 10.9 Å². The number of carbonyl (C=O) groups is 1. The molecule has 0 spiro atoms. The van der Waals surface area contributed by atoms with Gasteiger partial charge in [-0.3, -0.25) is 0 Å². The quantitative estimate of drug-likeness (QED) is 0.481. The predicted molar refractivity (Wildman–Crippen MR) is 60.2 cm³/mol. The summed E-state index contributed by atoms with van der Waals surface area (Å²) in [6.07, 6.45) is 1.65. The molecule has 0 aliphatic carbocycles. The van der Waals surface area contributed by atoms with E-state index in [0.717, 1.165) is 5.56 Å². The van der Waals surface area contributed by atoms with E-state index in [1.807, 2.05) is 0 Å². The Labute approximate surface area is 95.9 Å². The molecule has 0 N–H and O–H groups in total. The van der Waals surface area contributed by atoms with Gasteiger partial charge in [-0.1, -0.05) is 28.1 Å². The lowest BCUT2D eigenvalue weighted by atomic mass is 10.1. The van der Waals surface area contributed by atoms with E-state index >= 15 is 0 Å². The number of benzene rings is 1. The lowest BCUT2D eigenvalue weighted by Gasteiger charge is -2.01. The molecule has 1 aromatic rings. The van der Waals surface area contributed by atoms with Crippen LogP contribution in [0.3, 0.4) is 0 Å². The van der Waals surface area contributed by atoms with Crippen LogP contribution < -0.4 is 0 Å². The van der Waals surface area contributed by atoms with Crippen LogP contribution in [-0.4, -0.2) is 18.4 Å². The van der Waals surface area contributed by atoms with Gasteiger partial charge in [-0.2, -0.15) is 0 Å². The molecular weight excluding hydrogens is 263 g/mol. The number of hydrogen-bond acceptors (Lipinski definition) is 2. The summed E-state index contributed by atoms with van der Waals surface area (Å²) in [5, 5.41) is 0.400. The Bertz CT molecular complexity index is 371. The molecule has 0 heterocycles. The van der Waals surface area contributed by atoms with Crippen LogP contribution in [0.25, 0.3) is 6.08 Å². The number of methoxy groups -OCH3 is 1. The van der Waals surface area contributed by atoms with Crippen molar-refractivity contribution in [3.05, 3.63) is 41.2 Å². The summed E-state index contributed by atoms with van der Waals surface area (Å²) < 4.78 is 17.2. The molecule has 80 valence electrons. The van der Waals surface area contributed by atoms with Crippen LogP contribution in [0, 0.1) is 5.82 Å². The smallest absolute Gasteiger partial charge is 0.334 e. The second-order valence-electron chi connectivity index (χ2n) is 2.85. The standard InChI is InChI=1S/C11H10BrFO2/c1-15-11(14)9(7-12)6-8-2-4-10(13)5-3-8/h2-6H,7H2,1H3/b9-6-. The van der Waals surface area contributed by atoms with Crippen molar-refractivity contribution >= 4 is 28.0 Å². The van der Waals surface area contributed by atoms with Crippen molar-refractivity contribution in [2.45, 2.75) is 0 Å². The summed E-state index contributed by atoms with van der Waals surface area (Å²) in [5.41, 5.74) is 1.25. The SMILES string of the molecule is COC(=O)/C(=C\c1ccc(F)cc1)CBr. The molecule has 1 aromatic carbocycles. The van der Waals surface area contributed by atoms with Crippen LogP contribution in [0.1, 0.15) is 5.56 Å². The molecule has 1 rings (SSSR count). The van der Waals surface area contributed by atoms with E-state index < -0.39 is 5.97 Å². The first-order valence-corrected chi connectivity index (χ1v) is 5.40. The van der Waals surface area contributed by atoms with Gasteiger partial charge in [0.15, 0.2) is 0 Å². The molecule has 0 fully saturated rings. The number of ether oxygens (including phenoxy) is 1. The molecule has 0 aromatic heterocycles. The molecule has 0 bridgehead atoms. The predicted octanol–water partition coefficient (Wildman–Crippen LogP) is 2.78. The third kappa shape index (κ3) is 3.47. The van der Waals surface area contributed by atoms with E-state index in [1.54, 1.807) is 18.2 Å². The Balaban J connectivity index is 2.93. The summed E-state index contributed by atoms with van der Waals surface area (Å²) in [5.74, 6) is -0.693. The van der Waals surface area contributed by atoms with Gasteiger partial charge in [-0.25, -0.2) is 9.18 Å². The minimum Gasteiger partial charge on any atom is -0.466 e. The van der Waals surface area contributed by atoms with Crippen LogP contribution in [-0.2, 0) is 9.53 Å². The van der Waals surface area contributed by atoms with Crippen LogP contribution in [0.2, 0.25) is 0 Å². The van der Waals surface area contributed by atoms with E-state index in [-0.39, 0.29) is 5.82 Å². The maximum Gasteiger partial charge on any atom is 0.334 e.